The molecular weight excluding hydrogens is 767 g/mol. The Kier molecular flexibility index (Phi) is 9.59. The van der Waals surface area contributed by atoms with Crippen LogP contribution in [0, 0.1) is 13.8 Å². The number of nitrogens with zero attached hydrogens (tertiary/aromatic N) is 3. The third-order valence-electron chi connectivity index (χ3n) is 12.2. The molecule has 4 nitrogen and oxygen atoms in total. The van der Waals surface area contributed by atoms with Crippen molar-refractivity contribution in [3.8, 4) is 89.8 Å². The van der Waals surface area contributed by atoms with E-state index in [0.717, 1.165) is 55.3 Å². The highest BCUT2D eigenvalue weighted by atomic mass is 16.3. The molecule has 4 heteroatoms. The summed E-state index contributed by atoms with van der Waals surface area (Å²) >= 11 is 0. The van der Waals surface area contributed by atoms with Gasteiger partial charge >= 0.3 is 0 Å². The normalized spacial score (nSPS) is 11.3. The highest BCUT2D eigenvalue weighted by molar-refractivity contribution is 6.12. The first-order valence-corrected chi connectivity index (χ1v) is 21.4. The molecule has 0 amide bonds. The predicted octanol–water partition coefficient (Wildman–Crippen LogP) is 15.7. The van der Waals surface area contributed by atoms with Crippen molar-refractivity contribution in [2.45, 2.75) is 13.8 Å². The zero-order valence-corrected chi connectivity index (χ0v) is 35.0. The Morgan fingerprint density at radius 2 is 0.714 bits per heavy atom. The number of benzene rings is 9. The molecule has 11 rings (SSSR count). The molecule has 0 bridgehead atoms. The van der Waals surface area contributed by atoms with Crippen molar-refractivity contribution in [1.29, 1.82) is 0 Å². The molecule has 2 heterocycles. The summed E-state index contributed by atoms with van der Waals surface area (Å²) in [4.78, 5) is 15.4. The van der Waals surface area contributed by atoms with Crippen LogP contribution in [-0.4, -0.2) is 15.0 Å². The summed E-state index contributed by atoms with van der Waals surface area (Å²) < 4.78 is 6.42. The molecule has 11 aromatic rings. The van der Waals surface area contributed by atoms with Gasteiger partial charge in [0.25, 0.3) is 0 Å². The van der Waals surface area contributed by atoms with E-state index in [4.69, 9.17) is 19.4 Å². The zero-order chi connectivity index (χ0) is 42.3. The van der Waals surface area contributed by atoms with Crippen LogP contribution in [0.5, 0.6) is 0 Å². The SMILES string of the molecule is Cc1c(-c2ccc(-c3nc(-c4ccccc4)nc(-c4cccc5oc6ccc(-c7ccccc7)cc6c45)n3)cc2)cccc1-c1cccc(-c2ccccc2-c2ccccc2)c1C. The lowest BCUT2D eigenvalue weighted by molar-refractivity contribution is 0.669. The molecule has 0 saturated heterocycles. The van der Waals surface area contributed by atoms with Crippen LogP contribution in [0.3, 0.4) is 0 Å². The lowest BCUT2D eigenvalue weighted by Gasteiger charge is -2.18. The smallest absolute Gasteiger partial charge is 0.164 e. The van der Waals surface area contributed by atoms with Crippen molar-refractivity contribution in [3.63, 3.8) is 0 Å². The molecule has 0 saturated carbocycles. The Morgan fingerprint density at radius 3 is 1.38 bits per heavy atom. The second-order valence-electron chi connectivity index (χ2n) is 16.0. The fraction of sp³-hybridized carbons (Fsp3) is 0.0339. The van der Waals surface area contributed by atoms with E-state index in [2.05, 4.69) is 178 Å². The highest BCUT2D eigenvalue weighted by Gasteiger charge is 2.20. The molecule has 0 aliphatic rings. The lowest BCUT2D eigenvalue weighted by Crippen LogP contribution is -2.00. The topological polar surface area (TPSA) is 51.8 Å². The Bertz CT molecular complexity index is 3450. The Labute approximate surface area is 366 Å². The van der Waals surface area contributed by atoms with Crippen molar-refractivity contribution >= 4 is 21.9 Å². The van der Waals surface area contributed by atoms with Gasteiger partial charge in [0.1, 0.15) is 11.2 Å². The summed E-state index contributed by atoms with van der Waals surface area (Å²) in [5, 5.41) is 2.00. The number of hydrogen-bond donors (Lipinski definition) is 0. The van der Waals surface area contributed by atoms with Gasteiger partial charge in [-0.1, -0.05) is 194 Å². The summed E-state index contributed by atoms with van der Waals surface area (Å²) in [6, 6.07) is 74.3. The van der Waals surface area contributed by atoms with Crippen molar-refractivity contribution < 1.29 is 4.42 Å². The predicted molar refractivity (Wildman–Crippen MR) is 260 cm³/mol. The van der Waals surface area contributed by atoms with E-state index in [1.807, 2.05) is 48.5 Å². The number of fused-ring (bicyclic) bond motifs is 3. The number of hydrogen-bond acceptors (Lipinski definition) is 4. The molecule has 0 fully saturated rings. The average molecular weight is 808 g/mol. The van der Waals surface area contributed by atoms with Crippen LogP contribution >= 0.6 is 0 Å². The van der Waals surface area contributed by atoms with Crippen molar-refractivity contribution in [2.24, 2.45) is 0 Å². The minimum Gasteiger partial charge on any atom is -0.456 e. The highest BCUT2D eigenvalue weighted by Crippen LogP contribution is 2.41. The third-order valence-corrected chi connectivity index (χ3v) is 12.2. The first-order valence-electron chi connectivity index (χ1n) is 21.4. The van der Waals surface area contributed by atoms with E-state index >= 15 is 0 Å². The minimum atomic E-state index is 0.592. The monoisotopic (exact) mass is 807 g/mol. The zero-order valence-electron chi connectivity index (χ0n) is 35.0. The van der Waals surface area contributed by atoms with Gasteiger partial charge in [-0.05, 0) is 98.8 Å². The molecule has 2 aromatic heterocycles. The maximum Gasteiger partial charge on any atom is 0.164 e. The van der Waals surface area contributed by atoms with Gasteiger partial charge < -0.3 is 4.42 Å². The summed E-state index contributed by atoms with van der Waals surface area (Å²) in [7, 11) is 0. The van der Waals surface area contributed by atoms with Crippen LogP contribution in [-0.2, 0) is 0 Å². The van der Waals surface area contributed by atoms with Crippen LogP contribution in [0.25, 0.3) is 112 Å². The standard InChI is InChI=1S/C59H41N3O/c1-38-46(25-14-26-47(38)48-27-15-28-49(39(48)2)51-24-13-12-23-50(51)41-19-8-4-9-20-41)42-31-33-44(34-32-42)58-60-57(43-21-10-5-11-22-43)61-59(62-58)52-29-16-30-55-56(52)53-37-45(35-36-54(53)63-55)40-17-6-3-7-18-40/h3-37H,1-2H3. The summed E-state index contributed by atoms with van der Waals surface area (Å²) in [5.74, 6) is 1.81. The van der Waals surface area contributed by atoms with E-state index in [0.29, 0.717) is 17.5 Å². The lowest BCUT2D eigenvalue weighted by atomic mass is 9.86. The van der Waals surface area contributed by atoms with Crippen molar-refractivity contribution in [1.82, 2.24) is 15.0 Å². The molecule has 298 valence electrons. The molecule has 0 radical (unpaired) electrons. The van der Waals surface area contributed by atoms with Crippen LogP contribution in [0.1, 0.15) is 11.1 Å². The first kappa shape index (κ1) is 37.8. The average Bonchev–Trinajstić information content (AvgIpc) is 3.73. The summed E-state index contributed by atoms with van der Waals surface area (Å²) in [6.45, 7) is 4.48. The molecular formula is C59H41N3O. The summed E-state index contributed by atoms with van der Waals surface area (Å²) in [6.07, 6.45) is 0. The Hall–Kier alpha value is -8.21. The van der Waals surface area contributed by atoms with Gasteiger partial charge in [0.05, 0.1) is 0 Å². The molecule has 0 aliphatic carbocycles. The molecule has 0 unspecified atom stereocenters. The van der Waals surface area contributed by atoms with E-state index in [9.17, 15) is 0 Å². The third kappa shape index (κ3) is 6.98. The second kappa shape index (κ2) is 16.0. The van der Waals surface area contributed by atoms with Crippen LogP contribution in [0.2, 0.25) is 0 Å². The van der Waals surface area contributed by atoms with Crippen LogP contribution < -0.4 is 0 Å². The Morgan fingerprint density at radius 1 is 0.286 bits per heavy atom. The van der Waals surface area contributed by atoms with Gasteiger partial charge in [-0.15, -0.1) is 0 Å². The van der Waals surface area contributed by atoms with Gasteiger partial charge in [0.15, 0.2) is 17.5 Å². The van der Waals surface area contributed by atoms with E-state index < -0.39 is 0 Å². The number of aromatic nitrogens is 3. The van der Waals surface area contributed by atoms with Gasteiger partial charge in [-0.3, -0.25) is 0 Å². The van der Waals surface area contributed by atoms with Crippen molar-refractivity contribution in [3.05, 3.63) is 223 Å². The maximum absolute atomic E-state index is 6.42. The molecule has 0 atom stereocenters. The van der Waals surface area contributed by atoms with E-state index in [1.54, 1.807) is 0 Å². The molecule has 0 aliphatic heterocycles. The minimum absolute atomic E-state index is 0.592. The van der Waals surface area contributed by atoms with Gasteiger partial charge in [0.2, 0.25) is 0 Å². The van der Waals surface area contributed by atoms with E-state index in [1.165, 1.54) is 50.1 Å². The van der Waals surface area contributed by atoms with Crippen LogP contribution in [0.15, 0.2) is 217 Å². The first-order chi connectivity index (χ1) is 31.1. The Balaban J connectivity index is 0.981. The van der Waals surface area contributed by atoms with Gasteiger partial charge in [-0.25, -0.2) is 15.0 Å². The number of furan rings is 1. The summed E-state index contributed by atoms with van der Waals surface area (Å²) in [5.41, 5.74) is 18.8. The number of rotatable bonds is 8. The van der Waals surface area contributed by atoms with Gasteiger partial charge in [-0.2, -0.15) is 0 Å². The van der Waals surface area contributed by atoms with Crippen molar-refractivity contribution in [2.75, 3.05) is 0 Å². The maximum atomic E-state index is 6.42. The molecule has 0 spiro atoms. The largest absolute Gasteiger partial charge is 0.456 e. The molecule has 9 aromatic carbocycles. The molecule has 63 heavy (non-hydrogen) atoms. The fourth-order valence-corrected chi connectivity index (χ4v) is 9.01. The van der Waals surface area contributed by atoms with Crippen LogP contribution in [0.4, 0.5) is 0 Å². The second-order valence-corrected chi connectivity index (χ2v) is 16.0. The van der Waals surface area contributed by atoms with E-state index in [-0.39, 0.29) is 0 Å². The fourth-order valence-electron chi connectivity index (χ4n) is 9.01. The quantitative estimate of drug-likeness (QED) is 0.153. The van der Waals surface area contributed by atoms with Gasteiger partial charge in [0, 0.05) is 27.5 Å². The molecule has 0 N–H and O–H groups in total.